The van der Waals surface area contributed by atoms with E-state index in [1.807, 2.05) is 6.07 Å². The molecule has 3 heterocycles. The van der Waals surface area contributed by atoms with Gasteiger partial charge in [0.05, 0.1) is 5.69 Å². The van der Waals surface area contributed by atoms with E-state index in [0.717, 1.165) is 44.0 Å². The average molecular weight is 322 g/mol. The van der Waals surface area contributed by atoms with Crippen molar-refractivity contribution in [3.8, 4) is 11.4 Å². The minimum atomic E-state index is 0.887. The maximum absolute atomic E-state index is 5.04. The number of anilines is 1. The molecule has 4 nitrogen and oxygen atoms in total. The molecule has 0 N–H and O–H groups in total. The van der Waals surface area contributed by atoms with Gasteiger partial charge in [-0.15, -0.1) is 0 Å². The number of likely N-dealkylation sites (N-methyl/N-ethyl adjacent to an activating group) is 1. The fraction of sp³-hybridized carbons (Fsp3) is 0.500. The summed E-state index contributed by atoms with van der Waals surface area (Å²) in [5.41, 5.74) is 3.72. The average Bonchev–Trinajstić information content (AvgIpc) is 2.91. The van der Waals surface area contributed by atoms with Gasteiger partial charge in [0.1, 0.15) is 5.82 Å². The number of fused-ring (bicyclic) bond motifs is 1. The van der Waals surface area contributed by atoms with Gasteiger partial charge in [0.25, 0.3) is 0 Å². The Morgan fingerprint density at radius 3 is 2.38 bits per heavy atom. The van der Waals surface area contributed by atoms with Crippen LogP contribution in [-0.2, 0) is 13.0 Å². The fourth-order valence-electron chi connectivity index (χ4n) is 3.79. The second-order valence-electron chi connectivity index (χ2n) is 7.05. The van der Waals surface area contributed by atoms with Gasteiger partial charge >= 0.3 is 0 Å². The molecule has 2 aromatic rings. The van der Waals surface area contributed by atoms with Crippen LogP contribution >= 0.6 is 0 Å². The Kier molecular flexibility index (Phi) is 4.48. The second kappa shape index (κ2) is 6.89. The molecule has 4 rings (SSSR count). The number of nitrogens with zero attached hydrogens (tertiary/aromatic N) is 4. The van der Waals surface area contributed by atoms with Gasteiger partial charge in [-0.25, -0.2) is 9.97 Å². The first kappa shape index (κ1) is 15.6. The summed E-state index contributed by atoms with van der Waals surface area (Å²) in [6.45, 7) is 4.30. The maximum Gasteiger partial charge on any atom is 0.161 e. The number of hydrogen-bond acceptors (Lipinski definition) is 4. The summed E-state index contributed by atoms with van der Waals surface area (Å²) < 4.78 is 0. The third-order valence-electron chi connectivity index (χ3n) is 5.17. The van der Waals surface area contributed by atoms with Crippen LogP contribution in [0.15, 0.2) is 30.3 Å². The van der Waals surface area contributed by atoms with Crippen LogP contribution in [0.1, 0.15) is 36.9 Å². The Morgan fingerprint density at radius 1 is 0.875 bits per heavy atom. The smallest absolute Gasteiger partial charge is 0.161 e. The first-order valence-electron chi connectivity index (χ1n) is 9.20. The van der Waals surface area contributed by atoms with Gasteiger partial charge in [0, 0.05) is 43.7 Å². The molecule has 1 aromatic heterocycles. The minimum absolute atomic E-state index is 0.887. The zero-order chi connectivity index (χ0) is 16.4. The molecule has 1 fully saturated rings. The van der Waals surface area contributed by atoms with Crippen molar-refractivity contribution in [3.63, 3.8) is 0 Å². The van der Waals surface area contributed by atoms with Crippen LogP contribution in [-0.4, -0.2) is 41.5 Å². The summed E-state index contributed by atoms with van der Waals surface area (Å²) in [6.07, 6.45) is 6.25. The zero-order valence-corrected chi connectivity index (χ0v) is 14.5. The summed E-state index contributed by atoms with van der Waals surface area (Å²) in [5, 5.41) is 0. The largest absolute Gasteiger partial charge is 0.356 e. The lowest BCUT2D eigenvalue weighted by Gasteiger charge is -2.31. The van der Waals surface area contributed by atoms with Gasteiger partial charge in [-0.3, -0.25) is 0 Å². The van der Waals surface area contributed by atoms with Crippen LogP contribution in [0, 0.1) is 0 Å². The molecule has 1 saturated heterocycles. The normalized spacial score (nSPS) is 19.0. The molecule has 1 aromatic carbocycles. The molecule has 0 aliphatic carbocycles. The van der Waals surface area contributed by atoms with Crippen molar-refractivity contribution in [2.75, 3.05) is 31.6 Å². The Labute approximate surface area is 144 Å². The highest BCUT2D eigenvalue weighted by atomic mass is 15.2. The minimum Gasteiger partial charge on any atom is -0.356 e. The van der Waals surface area contributed by atoms with Crippen LogP contribution in [0.5, 0.6) is 0 Å². The van der Waals surface area contributed by atoms with Crippen molar-refractivity contribution in [1.29, 1.82) is 0 Å². The third-order valence-corrected chi connectivity index (χ3v) is 5.17. The lowest BCUT2D eigenvalue weighted by atomic mass is 10.0. The van der Waals surface area contributed by atoms with Gasteiger partial charge in [-0.2, -0.15) is 0 Å². The van der Waals surface area contributed by atoms with Gasteiger partial charge in [-0.05, 0) is 19.9 Å². The van der Waals surface area contributed by atoms with Gasteiger partial charge in [0.15, 0.2) is 5.82 Å². The third kappa shape index (κ3) is 3.16. The lowest BCUT2D eigenvalue weighted by molar-refractivity contribution is 0.309. The van der Waals surface area contributed by atoms with Gasteiger partial charge < -0.3 is 9.80 Å². The van der Waals surface area contributed by atoms with Crippen LogP contribution in [0.2, 0.25) is 0 Å². The molecule has 0 spiro atoms. The molecular weight excluding hydrogens is 296 g/mol. The van der Waals surface area contributed by atoms with E-state index in [-0.39, 0.29) is 0 Å². The SMILES string of the molecule is CN1CCc2nc(-c3ccccc3)nc(N3CCCCCC3)c2C1. The molecular formula is C20H26N4. The molecule has 2 aliphatic heterocycles. The Morgan fingerprint density at radius 2 is 1.62 bits per heavy atom. The van der Waals surface area contributed by atoms with Crippen molar-refractivity contribution in [2.45, 2.75) is 38.6 Å². The van der Waals surface area contributed by atoms with Crippen LogP contribution in [0.4, 0.5) is 5.82 Å². The molecule has 0 bridgehead atoms. The van der Waals surface area contributed by atoms with E-state index in [2.05, 4.69) is 41.1 Å². The van der Waals surface area contributed by atoms with E-state index in [1.165, 1.54) is 42.8 Å². The number of benzene rings is 1. The quantitative estimate of drug-likeness (QED) is 0.847. The van der Waals surface area contributed by atoms with Crippen LogP contribution in [0.25, 0.3) is 11.4 Å². The zero-order valence-electron chi connectivity index (χ0n) is 14.5. The first-order valence-corrected chi connectivity index (χ1v) is 9.20. The molecule has 0 saturated carbocycles. The standard InChI is InChI=1S/C20H26N4/c1-23-14-11-18-17(15-23)20(24-12-7-2-3-8-13-24)22-19(21-18)16-9-5-4-6-10-16/h4-6,9-10H,2-3,7-8,11-15H2,1H3. The predicted molar refractivity (Wildman–Crippen MR) is 98.2 cm³/mol. The molecule has 0 unspecified atom stereocenters. The maximum atomic E-state index is 5.04. The highest BCUT2D eigenvalue weighted by molar-refractivity contribution is 5.61. The van der Waals surface area contributed by atoms with E-state index in [9.17, 15) is 0 Å². The molecule has 126 valence electrons. The van der Waals surface area contributed by atoms with Crippen LogP contribution in [0.3, 0.4) is 0 Å². The number of hydrogen-bond donors (Lipinski definition) is 0. The molecule has 0 amide bonds. The highest BCUT2D eigenvalue weighted by Crippen LogP contribution is 2.30. The topological polar surface area (TPSA) is 32.3 Å². The first-order chi connectivity index (χ1) is 11.8. The summed E-state index contributed by atoms with van der Waals surface area (Å²) in [7, 11) is 2.19. The molecule has 4 heteroatoms. The second-order valence-corrected chi connectivity index (χ2v) is 7.05. The van der Waals surface area contributed by atoms with Crippen molar-refractivity contribution in [3.05, 3.63) is 41.6 Å². The monoisotopic (exact) mass is 322 g/mol. The Bertz CT molecular complexity index is 690. The molecule has 0 atom stereocenters. The van der Waals surface area contributed by atoms with Crippen molar-refractivity contribution < 1.29 is 0 Å². The summed E-state index contributed by atoms with van der Waals surface area (Å²) in [5.74, 6) is 2.07. The lowest BCUT2D eigenvalue weighted by Crippen LogP contribution is -2.33. The van der Waals surface area contributed by atoms with Gasteiger partial charge in [-0.1, -0.05) is 43.2 Å². The molecule has 24 heavy (non-hydrogen) atoms. The summed E-state index contributed by atoms with van der Waals surface area (Å²) in [4.78, 5) is 14.9. The Balaban J connectivity index is 1.79. The molecule has 2 aliphatic rings. The van der Waals surface area contributed by atoms with E-state index >= 15 is 0 Å². The van der Waals surface area contributed by atoms with E-state index in [1.54, 1.807) is 0 Å². The number of aromatic nitrogens is 2. The van der Waals surface area contributed by atoms with E-state index < -0.39 is 0 Å². The van der Waals surface area contributed by atoms with Crippen molar-refractivity contribution >= 4 is 5.82 Å². The van der Waals surface area contributed by atoms with E-state index in [0.29, 0.717) is 0 Å². The molecule has 0 radical (unpaired) electrons. The number of rotatable bonds is 2. The van der Waals surface area contributed by atoms with Gasteiger partial charge in [0.2, 0.25) is 0 Å². The predicted octanol–water partition coefficient (Wildman–Crippen LogP) is 3.51. The summed E-state index contributed by atoms with van der Waals surface area (Å²) >= 11 is 0. The summed E-state index contributed by atoms with van der Waals surface area (Å²) in [6, 6.07) is 10.4. The van der Waals surface area contributed by atoms with Crippen LogP contribution < -0.4 is 4.90 Å². The fourth-order valence-corrected chi connectivity index (χ4v) is 3.79. The Hall–Kier alpha value is -1.94. The van der Waals surface area contributed by atoms with Crippen molar-refractivity contribution in [2.24, 2.45) is 0 Å². The van der Waals surface area contributed by atoms with E-state index in [4.69, 9.17) is 9.97 Å². The highest BCUT2D eigenvalue weighted by Gasteiger charge is 2.24. The van der Waals surface area contributed by atoms with Crippen molar-refractivity contribution in [1.82, 2.24) is 14.9 Å².